The van der Waals surface area contributed by atoms with E-state index in [0.29, 0.717) is 38.2 Å². The van der Waals surface area contributed by atoms with Gasteiger partial charge in [-0.3, -0.25) is 9.69 Å². The topological polar surface area (TPSA) is 78.9 Å². The highest BCUT2D eigenvalue weighted by Crippen LogP contribution is 2.08. The molecule has 17 heavy (non-hydrogen) atoms. The summed E-state index contributed by atoms with van der Waals surface area (Å²) in [7, 11) is 1.57. The van der Waals surface area contributed by atoms with Crippen LogP contribution in [0.5, 0.6) is 0 Å². The molecule has 1 heterocycles. The molecule has 1 aliphatic heterocycles. The van der Waals surface area contributed by atoms with Crippen LogP contribution in [-0.4, -0.2) is 61.8 Å². The number of hydrogen-bond acceptors (Lipinski definition) is 4. The summed E-state index contributed by atoms with van der Waals surface area (Å²) in [5.41, 5.74) is 0.362. The number of amides is 1. The number of nitrogens with one attached hydrogen (secondary N) is 1. The van der Waals surface area contributed by atoms with E-state index < -0.39 is 5.97 Å². The van der Waals surface area contributed by atoms with E-state index >= 15 is 0 Å². The second-order valence-electron chi connectivity index (χ2n) is 3.88. The maximum absolute atomic E-state index is 11.5. The molecule has 0 aliphatic carbocycles. The van der Waals surface area contributed by atoms with Gasteiger partial charge in [-0.2, -0.15) is 0 Å². The molecule has 0 radical (unpaired) electrons. The number of carbonyl (C=O) groups excluding carboxylic acids is 1. The first-order valence-electron chi connectivity index (χ1n) is 5.54. The fourth-order valence-corrected chi connectivity index (χ4v) is 1.65. The molecule has 0 saturated carbocycles. The normalized spacial score (nSPS) is 16.4. The first-order chi connectivity index (χ1) is 8.13. The quantitative estimate of drug-likeness (QED) is 0.612. The van der Waals surface area contributed by atoms with Crippen LogP contribution >= 0.6 is 0 Å². The van der Waals surface area contributed by atoms with E-state index in [2.05, 4.69) is 5.32 Å². The highest BCUT2D eigenvalue weighted by molar-refractivity contribution is 5.87. The SMILES string of the molecule is COCCNC(=O)CN1CCC=C(C(=O)O)C1. The van der Waals surface area contributed by atoms with E-state index in [1.54, 1.807) is 13.2 Å². The van der Waals surface area contributed by atoms with Crippen LogP contribution in [0.3, 0.4) is 0 Å². The molecular formula is C11H18N2O4. The van der Waals surface area contributed by atoms with E-state index in [9.17, 15) is 9.59 Å². The van der Waals surface area contributed by atoms with Crippen molar-refractivity contribution in [2.45, 2.75) is 6.42 Å². The number of carbonyl (C=O) groups is 2. The van der Waals surface area contributed by atoms with Gasteiger partial charge in [-0.15, -0.1) is 0 Å². The Hall–Kier alpha value is -1.40. The van der Waals surface area contributed by atoms with Crippen LogP contribution in [0, 0.1) is 0 Å². The third-order valence-electron chi connectivity index (χ3n) is 2.50. The average Bonchev–Trinajstić information content (AvgIpc) is 2.29. The van der Waals surface area contributed by atoms with E-state index in [4.69, 9.17) is 9.84 Å². The Morgan fingerprint density at radius 3 is 3.00 bits per heavy atom. The zero-order valence-corrected chi connectivity index (χ0v) is 9.94. The van der Waals surface area contributed by atoms with Gasteiger partial charge in [-0.25, -0.2) is 4.79 Å². The number of rotatable bonds is 6. The first kappa shape index (κ1) is 13.7. The van der Waals surface area contributed by atoms with Gasteiger partial charge < -0.3 is 15.2 Å². The minimum Gasteiger partial charge on any atom is -0.478 e. The van der Waals surface area contributed by atoms with Gasteiger partial charge in [0.1, 0.15) is 0 Å². The Morgan fingerprint density at radius 2 is 2.35 bits per heavy atom. The standard InChI is InChI=1S/C11H18N2O4/c1-17-6-4-12-10(14)8-13-5-2-3-9(7-13)11(15)16/h3H,2,4-8H2,1H3,(H,12,14)(H,15,16). The van der Waals surface area contributed by atoms with Crippen LogP contribution in [0.4, 0.5) is 0 Å². The molecule has 0 atom stereocenters. The smallest absolute Gasteiger partial charge is 0.332 e. The first-order valence-corrected chi connectivity index (χ1v) is 5.54. The Balaban J connectivity index is 2.30. The lowest BCUT2D eigenvalue weighted by molar-refractivity contribution is -0.133. The van der Waals surface area contributed by atoms with Gasteiger partial charge in [0.05, 0.1) is 13.2 Å². The van der Waals surface area contributed by atoms with Crippen molar-refractivity contribution in [3.63, 3.8) is 0 Å². The van der Waals surface area contributed by atoms with E-state index in [1.165, 1.54) is 0 Å². The predicted octanol–water partition coefficient (Wildman–Crippen LogP) is -0.534. The summed E-state index contributed by atoms with van der Waals surface area (Å²) in [6.07, 6.45) is 2.38. The third-order valence-corrected chi connectivity index (χ3v) is 2.50. The van der Waals surface area contributed by atoms with Gasteiger partial charge in [-0.05, 0) is 6.42 Å². The van der Waals surface area contributed by atoms with Crippen LogP contribution in [-0.2, 0) is 14.3 Å². The van der Waals surface area contributed by atoms with Crippen molar-refractivity contribution < 1.29 is 19.4 Å². The lowest BCUT2D eigenvalue weighted by Gasteiger charge is -2.24. The van der Waals surface area contributed by atoms with Crippen molar-refractivity contribution in [3.05, 3.63) is 11.6 Å². The summed E-state index contributed by atoms with van der Waals surface area (Å²) >= 11 is 0. The third kappa shape index (κ3) is 4.97. The number of carboxylic acids is 1. The van der Waals surface area contributed by atoms with E-state index in [-0.39, 0.29) is 12.5 Å². The molecule has 0 aromatic carbocycles. The van der Waals surface area contributed by atoms with Crippen molar-refractivity contribution in [2.75, 3.05) is 39.9 Å². The average molecular weight is 242 g/mol. The predicted molar refractivity (Wildman–Crippen MR) is 61.7 cm³/mol. The van der Waals surface area contributed by atoms with Gasteiger partial charge in [0.15, 0.2) is 0 Å². The lowest BCUT2D eigenvalue weighted by atomic mass is 10.1. The molecule has 0 aromatic heterocycles. The molecule has 0 bridgehead atoms. The van der Waals surface area contributed by atoms with Crippen molar-refractivity contribution in [3.8, 4) is 0 Å². The molecule has 1 amide bonds. The molecule has 0 fully saturated rings. The molecule has 0 saturated heterocycles. The molecule has 1 aliphatic rings. The number of carboxylic acid groups (broad SMARTS) is 1. The summed E-state index contributed by atoms with van der Waals surface area (Å²) in [6, 6.07) is 0. The van der Waals surface area contributed by atoms with Crippen molar-refractivity contribution >= 4 is 11.9 Å². The number of methoxy groups -OCH3 is 1. The highest BCUT2D eigenvalue weighted by Gasteiger charge is 2.18. The molecule has 0 aromatic rings. The van der Waals surface area contributed by atoms with Crippen molar-refractivity contribution in [2.24, 2.45) is 0 Å². The Labute approximate surface area is 100 Å². The van der Waals surface area contributed by atoms with Gasteiger partial charge in [0.2, 0.25) is 5.91 Å². The maximum Gasteiger partial charge on any atom is 0.332 e. The molecule has 6 nitrogen and oxygen atoms in total. The van der Waals surface area contributed by atoms with E-state index in [0.717, 1.165) is 0 Å². The molecule has 6 heteroatoms. The Bertz CT molecular complexity index is 315. The summed E-state index contributed by atoms with van der Waals surface area (Å²) in [5.74, 6) is -1.01. The monoisotopic (exact) mass is 242 g/mol. The molecule has 2 N–H and O–H groups in total. The zero-order chi connectivity index (χ0) is 12.7. The second kappa shape index (κ2) is 7.03. The van der Waals surface area contributed by atoms with Crippen LogP contribution in [0.2, 0.25) is 0 Å². The molecular weight excluding hydrogens is 224 g/mol. The minimum atomic E-state index is -0.908. The number of ether oxygens (including phenoxy) is 1. The molecule has 1 rings (SSSR count). The minimum absolute atomic E-state index is 0.103. The fourth-order valence-electron chi connectivity index (χ4n) is 1.65. The summed E-state index contributed by atoms with van der Waals surface area (Å²) in [5, 5.41) is 11.6. The summed E-state index contributed by atoms with van der Waals surface area (Å²) in [6.45, 7) is 2.23. The van der Waals surface area contributed by atoms with Gasteiger partial charge in [-0.1, -0.05) is 6.08 Å². The number of nitrogens with zero attached hydrogens (tertiary/aromatic N) is 1. The molecule has 96 valence electrons. The highest BCUT2D eigenvalue weighted by atomic mass is 16.5. The maximum atomic E-state index is 11.5. The lowest BCUT2D eigenvalue weighted by Crippen LogP contribution is -2.41. The van der Waals surface area contributed by atoms with Gasteiger partial charge >= 0.3 is 5.97 Å². The number of hydrogen-bond donors (Lipinski definition) is 2. The van der Waals surface area contributed by atoms with Crippen LogP contribution < -0.4 is 5.32 Å². The van der Waals surface area contributed by atoms with Crippen molar-refractivity contribution in [1.29, 1.82) is 0 Å². The molecule has 0 unspecified atom stereocenters. The Morgan fingerprint density at radius 1 is 1.59 bits per heavy atom. The second-order valence-corrected chi connectivity index (χ2v) is 3.88. The largest absolute Gasteiger partial charge is 0.478 e. The molecule has 0 spiro atoms. The van der Waals surface area contributed by atoms with Gasteiger partial charge in [0, 0.05) is 32.3 Å². The fraction of sp³-hybridized carbons (Fsp3) is 0.636. The van der Waals surface area contributed by atoms with Gasteiger partial charge in [0.25, 0.3) is 0 Å². The van der Waals surface area contributed by atoms with Crippen LogP contribution in [0.1, 0.15) is 6.42 Å². The van der Waals surface area contributed by atoms with Crippen LogP contribution in [0.25, 0.3) is 0 Å². The number of aliphatic carboxylic acids is 1. The van der Waals surface area contributed by atoms with E-state index in [1.807, 2.05) is 4.90 Å². The van der Waals surface area contributed by atoms with Crippen molar-refractivity contribution in [1.82, 2.24) is 10.2 Å². The zero-order valence-electron chi connectivity index (χ0n) is 9.94. The Kier molecular flexibility index (Phi) is 5.65. The summed E-state index contributed by atoms with van der Waals surface area (Å²) in [4.78, 5) is 24.1. The van der Waals surface area contributed by atoms with Crippen LogP contribution in [0.15, 0.2) is 11.6 Å². The summed E-state index contributed by atoms with van der Waals surface area (Å²) < 4.78 is 4.82.